The number of nitrogens with one attached hydrogen (secondary N) is 1. The SMILES string of the molecule is Cc1cc(F)cc(C(=NC2CCCCCC2)NN)c1. The normalized spacial score (nSPS) is 18.2. The van der Waals surface area contributed by atoms with Crippen LogP contribution in [0.3, 0.4) is 0 Å². The molecule has 2 rings (SSSR count). The van der Waals surface area contributed by atoms with Crippen molar-refractivity contribution in [2.75, 3.05) is 0 Å². The molecule has 0 saturated heterocycles. The molecule has 0 unspecified atom stereocenters. The van der Waals surface area contributed by atoms with Crippen molar-refractivity contribution in [2.24, 2.45) is 10.8 Å². The number of nitrogens with zero attached hydrogens (tertiary/aromatic N) is 1. The number of aliphatic imine (C=N–C) groups is 1. The molecule has 0 bridgehead atoms. The molecule has 1 saturated carbocycles. The van der Waals surface area contributed by atoms with Gasteiger partial charge in [0, 0.05) is 5.56 Å². The Morgan fingerprint density at radius 2 is 1.89 bits per heavy atom. The van der Waals surface area contributed by atoms with Gasteiger partial charge >= 0.3 is 0 Å². The van der Waals surface area contributed by atoms with Gasteiger partial charge in [-0.3, -0.25) is 4.99 Å². The summed E-state index contributed by atoms with van der Waals surface area (Å²) >= 11 is 0. The molecule has 0 heterocycles. The first-order chi connectivity index (χ1) is 9.19. The van der Waals surface area contributed by atoms with E-state index in [1.54, 1.807) is 0 Å². The molecule has 1 aliphatic rings. The molecule has 3 nitrogen and oxygen atoms in total. The molecular formula is C15H22FN3. The van der Waals surface area contributed by atoms with E-state index in [1.807, 2.05) is 13.0 Å². The molecule has 0 radical (unpaired) electrons. The lowest BCUT2D eigenvalue weighted by atomic mass is 10.1. The van der Waals surface area contributed by atoms with E-state index in [0.717, 1.165) is 24.0 Å². The molecular weight excluding hydrogens is 241 g/mol. The summed E-state index contributed by atoms with van der Waals surface area (Å²) in [5.41, 5.74) is 4.22. The van der Waals surface area contributed by atoms with Crippen LogP contribution in [0.5, 0.6) is 0 Å². The van der Waals surface area contributed by atoms with Gasteiger partial charge in [0.2, 0.25) is 0 Å². The molecule has 1 aromatic carbocycles. The lowest BCUT2D eigenvalue weighted by molar-refractivity contribution is 0.583. The molecule has 1 aliphatic carbocycles. The van der Waals surface area contributed by atoms with Crippen LogP contribution in [0.15, 0.2) is 23.2 Å². The molecule has 104 valence electrons. The van der Waals surface area contributed by atoms with Gasteiger partial charge in [0.25, 0.3) is 0 Å². The number of amidine groups is 1. The molecule has 0 atom stereocenters. The summed E-state index contributed by atoms with van der Waals surface area (Å²) in [5.74, 6) is 5.90. The van der Waals surface area contributed by atoms with Crippen LogP contribution in [0.4, 0.5) is 4.39 Å². The van der Waals surface area contributed by atoms with Crippen molar-refractivity contribution < 1.29 is 4.39 Å². The van der Waals surface area contributed by atoms with Crippen molar-refractivity contribution in [3.8, 4) is 0 Å². The molecule has 0 amide bonds. The fourth-order valence-corrected chi connectivity index (χ4v) is 2.64. The minimum absolute atomic E-state index is 0.251. The summed E-state index contributed by atoms with van der Waals surface area (Å²) < 4.78 is 13.4. The fraction of sp³-hybridized carbons (Fsp3) is 0.533. The van der Waals surface area contributed by atoms with Crippen molar-refractivity contribution in [2.45, 2.75) is 51.5 Å². The molecule has 1 aromatic rings. The second-order valence-corrected chi connectivity index (χ2v) is 5.28. The van der Waals surface area contributed by atoms with Crippen LogP contribution in [0, 0.1) is 12.7 Å². The maximum atomic E-state index is 13.4. The number of hydrogen-bond donors (Lipinski definition) is 2. The highest BCUT2D eigenvalue weighted by Crippen LogP contribution is 2.20. The Labute approximate surface area is 114 Å². The number of hydrazine groups is 1. The average molecular weight is 263 g/mol. The van der Waals surface area contributed by atoms with Crippen LogP contribution in [-0.4, -0.2) is 11.9 Å². The van der Waals surface area contributed by atoms with Gasteiger partial charge in [-0.15, -0.1) is 0 Å². The minimum Gasteiger partial charge on any atom is -0.308 e. The predicted molar refractivity (Wildman–Crippen MR) is 76.5 cm³/mol. The Hall–Kier alpha value is -1.42. The van der Waals surface area contributed by atoms with Gasteiger partial charge in [-0.2, -0.15) is 0 Å². The van der Waals surface area contributed by atoms with Gasteiger partial charge in [0.15, 0.2) is 0 Å². The van der Waals surface area contributed by atoms with E-state index in [9.17, 15) is 4.39 Å². The standard InChI is InChI=1S/C15H22FN3/c1-11-8-12(10-13(16)9-11)15(19-17)18-14-6-4-2-3-5-7-14/h8-10,14H,2-7,17H2,1H3,(H,18,19). The first kappa shape index (κ1) is 14.0. The van der Waals surface area contributed by atoms with Gasteiger partial charge in [0.1, 0.15) is 11.7 Å². The van der Waals surface area contributed by atoms with E-state index in [4.69, 9.17) is 5.84 Å². The topological polar surface area (TPSA) is 50.4 Å². The van der Waals surface area contributed by atoms with Crippen molar-refractivity contribution in [1.29, 1.82) is 0 Å². The van der Waals surface area contributed by atoms with Crippen LogP contribution >= 0.6 is 0 Å². The van der Waals surface area contributed by atoms with Gasteiger partial charge in [-0.1, -0.05) is 25.7 Å². The van der Waals surface area contributed by atoms with Crippen molar-refractivity contribution in [1.82, 2.24) is 5.43 Å². The average Bonchev–Trinajstić information content (AvgIpc) is 2.63. The summed E-state index contributed by atoms with van der Waals surface area (Å²) in [6.07, 6.45) is 7.20. The van der Waals surface area contributed by atoms with Crippen molar-refractivity contribution in [3.05, 3.63) is 35.1 Å². The lowest BCUT2D eigenvalue weighted by Crippen LogP contribution is -2.32. The fourth-order valence-electron chi connectivity index (χ4n) is 2.64. The van der Waals surface area contributed by atoms with Gasteiger partial charge < -0.3 is 5.43 Å². The van der Waals surface area contributed by atoms with Gasteiger partial charge in [0.05, 0.1) is 6.04 Å². The van der Waals surface area contributed by atoms with Gasteiger partial charge in [-0.25, -0.2) is 10.2 Å². The Morgan fingerprint density at radius 1 is 1.21 bits per heavy atom. The van der Waals surface area contributed by atoms with E-state index >= 15 is 0 Å². The number of benzene rings is 1. The van der Waals surface area contributed by atoms with Crippen LogP contribution in [-0.2, 0) is 0 Å². The largest absolute Gasteiger partial charge is 0.308 e. The summed E-state index contributed by atoms with van der Waals surface area (Å²) in [7, 11) is 0. The highest BCUT2D eigenvalue weighted by atomic mass is 19.1. The third-order valence-corrected chi connectivity index (χ3v) is 3.59. The second kappa shape index (κ2) is 6.66. The zero-order chi connectivity index (χ0) is 13.7. The van der Waals surface area contributed by atoms with Crippen LogP contribution in [0.2, 0.25) is 0 Å². The zero-order valence-corrected chi connectivity index (χ0v) is 11.5. The molecule has 1 fully saturated rings. The van der Waals surface area contributed by atoms with E-state index in [2.05, 4.69) is 10.4 Å². The van der Waals surface area contributed by atoms with Crippen LogP contribution < -0.4 is 11.3 Å². The van der Waals surface area contributed by atoms with E-state index < -0.39 is 0 Å². The highest BCUT2D eigenvalue weighted by molar-refractivity contribution is 5.98. The van der Waals surface area contributed by atoms with Crippen molar-refractivity contribution >= 4 is 5.84 Å². The number of aryl methyl sites for hydroxylation is 1. The number of rotatable bonds is 2. The first-order valence-electron chi connectivity index (χ1n) is 7.01. The summed E-state index contributed by atoms with van der Waals surface area (Å²) in [5, 5.41) is 0. The lowest BCUT2D eigenvalue weighted by Gasteiger charge is -2.13. The maximum Gasteiger partial charge on any atom is 0.142 e. The summed E-state index contributed by atoms with van der Waals surface area (Å²) in [6.45, 7) is 1.87. The summed E-state index contributed by atoms with van der Waals surface area (Å²) in [4.78, 5) is 4.68. The third kappa shape index (κ3) is 4.03. The monoisotopic (exact) mass is 263 g/mol. The van der Waals surface area contributed by atoms with Crippen LogP contribution in [0.1, 0.15) is 49.7 Å². The number of halogens is 1. The quantitative estimate of drug-likeness (QED) is 0.283. The van der Waals surface area contributed by atoms with Gasteiger partial charge in [-0.05, 0) is 43.5 Å². The van der Waals surface area contributed by atoms with E-state index in [1.165, 1.54) is 37.8 Å². The Kier molecular flexibility index (Phi) is 4.91. The van der Waals surface area contributed by atoms with Crippen molar-refractivity contribution in [3.63, 3.8) is 0 Å². The molecule has 4 heteroatoms. The first-order valence-corrected chi connectivity index (χ1v) is 7.01. The molecule has 0 aromatic heterocycles. The number of hydrogen-bond acceptors (Lipinski definition) is 2. The Morgan fingerprint density at radius 3 is 2.47 bits per heavy atom. The molecule has 0 spiro atoms. The molecule has 19 heavy (non-hydrogen) atoms. The van der Waals surface area contributed by atoms with E-state index in [0.29, 0.717) is 11.9 Å². The smallest absolute Gasteiger partial charge is 0.142 e. The highest BCUT2D eigenvalue weighted by Gasteiger charge is 2.13. The maximum absolute atomic E-state index is 13.4. The Balaban J connectivity index is 2.22. The zero-order valence-electron chi connectivity index (χ0n) is 11.5. The van der Waals surface area contributed by atoms with E-state index in [-0.39, 0.29) is 5.82 Å². The Bertz CT molecular complexity index is 428. The molecule has 0 aliphatic heterocycles. The van der Waals surface area contributed by atoms with Crippen LogP contribution in [0.25, 0.3) is 0 Å². The summed E-state index contributed by atoms with van der Waals surface area (Å²) in [6, 6.07) is 5.18. The number of nitrogens with two attached hydrogens (primary N) is 1. The third-order valence-electron chi connectivity index (χ3n) is 3.59. The second-order valence-electron chi connectivity index (χ2n) is 5.28. The molecule has 3 N–H and O–H groups in total. The predicted octanol–water partition coefficient (Wildman–Crippen LogP) is 3.07. The minimum atomic E-state index is -0.251.